The molecule has 0 unspecified atom stereocenters. The summed E-state index contributed by atoms with van der Waals surface area (Å²) in [7, 11) is 1.65. The molecule has 1 amide bonds. The molecule has 0 spiro atoms. The van der Waals surface area contributed by atoms with Gasteiger partial charge in [-0.25, -0.2) is 4.98 Å². The average molecular weight is 403 g/mol. The van der Waals surface area contributed by atoms with Crippen LogP contribution in [-0.4, -0.2) is 54.1 Å². The second-order valence-corrected chi connectivity index (χ2v) is 7.86. The standard InChI is InChI=1S/C20H26N4O3S/c1-12-19(28-11-24-12)14-5-3-13(4-6-14)8-23-20(27)16-7-15(9-22-16)18(26)17(10-25)21-2/h3-6,11,15-17,21-22,25H,7-10H2,1-2H3,(H,23,27)/t15-,16+,17+/m1/s1. The van der Waals surface area contributed by atoms with Gasteiger partial charge < -0.3 is 21.1 Å². The number of carbonyl (C=O) groups excluding carboxylic acids is 2. The summed E-state index contributed by atoms with van der Waals surface area (Å²) in [5.74, 6) is -0.424. The van der Waals surface area contributed by atoms with Gasteiger partial charge in [-0.15, -0.1) is 11.3 Å². The number of aliphatic hydroxyl groups is 1. The van der Waals surface area contributed by atoms with Crippen LogP contribution in [0.25, 0.3) is 10.4 Å². The molecule has 7 nitrogen and oxygen atoms in total. The fourth-order valence-corrected chi connectivity index (χ4v) is 4.24. The highest BCUT2D eigenvalue weighted by Gasteiger charge is 2.35. The first-order valence-corrected chi connectivity index (χ1v) is 10.2. The van der Waals surface area contributed by atoms with E-state index in [0.29, 0.717) is 19.5 Å². The molecule has 4 N–H and O–H groups in total. The fraction of sp³-hybridized carbons (Fsp3) is 0.450. The molecule has 0 aliphatic carbocycles. The third kappa shape index (κ3) is 4.64. The van der Waals surface area contributed by atoms with Crippen LogP contribution < -0.4 is 16.0 Å². The van der Waals surface area contributed by atoms with Crippen molar-refractivity contribution in [2.24, 2.45) is 5.92 Å². The minimum Gasteiger partial charge on any atom is -0.394 e. The van der Waals surface area contributed by atoms with Crippen LogP contribution in [0.3, 0.4) is 0 Å². The number of nitrogens with one attached hydrogen (secondary N) is 3. The number of amides is 1. The van der Waals surface area contributed by atoms with E-state index in [0.717, 1.165) is 21.7 Å². The van der Waals surface area contributed by atoms with Gasteiger partial charge in [0.1, 0.15) is 0 Å². The molecular weight excluding hydrogens is 376 g/mol. The van der Waals surface area contributed by atoms with Crippen LogP contribution in [0.15, 0.2) is 29.8 Å². The van der Waals surface area contributed by atoms with E-state index >= 15 is 0 Å². The molecular formula is C20H26N4O3S. The number of rotatable bonds is 8. The third-order valence-electron chi connectivity index (χ3n) is 5.15. The Morgan fingerprint density at radius 3 is 2.71 bits per heavy atom. The zero-order chi connectivity index (χ0) is 20.1. The number of nitrogens with zero attached hydrogens (tertiary/aromatic N) is 1. The highest BCUT2D eigenvalue weighted by Crippen LogP contribution is 2.27. The molecule has 1 saturated heterocycles. The first kappa shape index (κ1) is 20.6. The third-order valence-corrected chi connectivity index (χ3v) is 6.13. The monoisotopic (exact) mass is 402 g/mol. The number of thiazole rings is 1. The lowest BCUT2D eigenvalue weighted by Crippen LogP contribution is -2.41. The molecule has 1 aromatic carbocycles. The summed E-state index contributed by atoms with van der Waals surface area (Å²) in [6.45, 7) is 2.65. The lowest BCUT2D eigenvalue weighted by Gasteiger charge is -2.16. The second kappa shape index (κ2) is 9.38. The number of benzene rings is 1. The van der Waals surface area contributed by atoms with Gasteiger partial charge in [-0.1, -0.05) is 24.3 Å². The van der Waals surface area contributed by atoms with Crippen molar-refractivity contribution in [3.63, 3.8) is 0 Å². The van der Waals surface area contributed by atoms with Gasteiger partial charge >= 0.3 is 0 Å². The molecule has 0 radical (unpaired) electrons. The van der Waals surface area contributed by atoms with Crippen molar-refractivity contribution in [1.29, 1.82) is 0 Å². The summed E-state index contributed by atoms with van der Waals surface area (Å²) < 4.78 is 0. The summed E-state index contributed by atoms with van der Waals surface area (Å²) in [5.41, 5.74) is 4.99. The quantitative estimate of drug-likeness (QED) is 0.522. The zero-order valence-corrected chi connectivity index (χ0v) is 16.9. The summed E-state index contributed by atoms with van der Waals surface area (Å²) in [5, 5.41) is 18.1. The number of Topliss-reactive ketones (excluding diaryl/α,β-unsaturated/α-hetero) is 1. The van der Waals surface area contributed by atoms with Gasteiger partial charge in [-0.05, 0) is 31.5 Å². The number of aromatic nitrogens is 1. The van der Waals surface area contributed by atoms with Crippen molar-refractivity contribution >= 4 is 23.0 Å². The van der Waals surface area contributed by atoms with Gasteiger partial charge in [-0.2, -0.15) is 0 Å². The predicted octanol–water partition coefficient (Wildman–Crippen LogP) is 0.862. The number of carbonyl (C=O) groups is 2. The smallest absolute Gasteiger partial charge is 0.237 e. The van der Waals surface area contributed by atoms with Crippen molar-refractivity contribution < 1.29 is 14.7 Å². The largest absolute Gasteiger partial charge is 0.394 e. The summed E-state index contributed by atoms with van der Waals surface area (Å²) in [6, 6.07) is 7.12. The molecule has 28 heavy (non-hydrogen) atoms. The van der Waals surface area contributed by atoms with Crippen molar-refractivity contribution in [3.8, 4) is 10.4 Å². The topological polar surface area (TPSA) is 103 Å². The van der Waals surface area contributed by atoms with Gasteiger partial charge in [-0.3, -0.25) is 9.59 Å². The average Bonchev–Trinajstić information content (AvgIpc) is 3.37. The van der Waals surface area contributed by atoms with Crippen LogP contribution in [0, 0.1) is 12.8 Å². The molecule has 8 heteroatoms. The van der Waals surface area contributed by atoms with E-state index in [-0.39, 0.29) is 30.3 Å². The van der Waals surface area contributed by atoms with E-state index < -0.39 is 6.04 Å². The Kier molecular flexibility index (Phi) is 6.90. The van der Waals surface area contributed by atoms with E-state index in [1.54, 1.807) is 18.4 Å². The molecule has 2 heterocycles. The molecule has 1 aromatic heterocycles. The van der Waals surface area contributed by atoms with Gasteiger partial charge in [0.2, 0.25) is 5.91 Å². The Labute approximate surface area is 168 Å². The van der Waals surface area contributed by atoms with Crippen molar-refractivity contribution in [2.75, 3.05) is 20.2 Å². The molecule has 1 aliphatic rings. The predicted molar refractivity (Wildman–Crippen MR) is 109 cm³/mol. The second-order valence-electron chi connectivity index (χ2n) is 7.00. The summed E-state index contributed by atoms with van der Waals surface area (Å²) >= 11 is 1.61. The van der Waals surface area contributed by atoms with Crippen LogP contribution in [0.5, 0.6) is 0 Å². The SMILES string of the molecule is CN[C@@H](CO)C(=O)[C@H]1CN[C@H](C(=O)NCc2ccc(-c3scnc3C)cc2)C1. The van der Waals surface area contributed by atoms with Gasteiger partial charge in [0.25, 0.3) is 0 Å². The summed E-state index contributed by atoms with van der Waals surface area (Å²) in [6.07, 6.45) is 0.451. The summed E-state index contributed by atoms with van der Waals surface area (Å²) in [4.78, 5) is 30.2. The Balaban J connectivity index is 1.51. The van der Waals surface area contributed by atoms with E-state index in [4.69, 9.17) is 0 Å². The lowest BCUT2D eigenvalue weighted by atomic mass is 9.95. The lowest BCUT2D eigenvalue weighted by molar-refractivity contribution is -0.125. The number of likely N-dealkylation sites (N-methyl/N-ethyl adjacent to an activating group) is 1. The molecule has 1 aliphatic heterocycles. The molecule has 1 fully saturated rings. The number of aliphatic hydroxyl groups excluding tert-OH is 1. The number of aryl methyl sites for hydroxylation is 1. The number of hydrogen-bond acceptors (Lipinski definition) is 7. The first-order chi connectivity index (χ1) is 13.5. The Bertz CT molecular complexity index is 817. The van der Waals surface area contributed by atoms with E-state index in [1.165, 1.54) is 0 Å². The van der Waals surface area contributed by atoms with Crippen LogP contribution in [0.1, 0.15) is 17.7 Å². The van der Waals surface area contributed by atoms with Gasteiger partial charge in [0.15, 0.2) is 5.78 Å². The van der Waals surface area contributed by atoms with Crippen LogP contribution >= 0.6 is 11.3 Å². The van der Waals surface area contributed by atoms with Crippen molar-refractivity contribution in [3.05, 3.63) is 41.0 Å². The van der Waals surface area contributed by atoms with E-state index in [9.17, 15) is 14.7 Å². The molecule has 0 saturated carbocycles. The highest BCUT2D eigenvalue weighted by atomic mass is 32.1. The number of hydrogen-bond donors (Lipinski definition) is 4. The molecule has 0 bridgehead atoms. The first-order valence-electron chi connectivity index (χ1n) is 9.35. The molecule has 2 aromatic rings. The normalized spacial score (nSPS) is 20.1. The van der Waals surface area contributed by atoms with Crippen LogP contribution in [0.2, 0.25) is 0 Å². The van der Waals surface area contributed by atoms with E-state index in [2.05, 4.69) is 20.9 Å². The Morgan fingerprint density at radius 1 is 1.36 bits per heavy atom. The molecule has 3 rings (SSSR count). The molecule has 3 atom stereocenters. The minimum absolute atomic E-state index is 0.0539. The van der Waals surface area contributed by atoms with Crippen molar-refractivity contribution in [2.45, 2.75) is 32.0 Å². The van der Waals surface area contributed by atoms with E-state index in [1.807, 2.05) is 36.7 Å². The maximum absolute atomic E-state index is 12.4. The van der Waals surface area contributed by atoms with Gasteiger partial charge in [0, 0.05) is 19.0 Å². The molecule has 150 valence electrons. The van der Waals surface area contributed by atoms with Gasteiger partial charge in [0.05, 0.1) is 34.8 Å². The number of ketones is 1. The Hall–Kier alpha value is -2.13. The highest BCUT2D eigenvalue weighted by molar-refractivity contribution is 7.13. The fourth-order valence-electron chi connectivity index (χ4n) is 3.43. The maximum atomic E-state index is 12.4. The zero-order valence-electron chi connectivity index (χ0n) is 16.1. The van der Waals surface area contributed by atoms with Crippen molar-refractivity contribution in [1.82, 2.24) is 20.9 Å². The van der Waals surface area contributed by atoms with Crippen LogP contribution in [0.4, 0.5) is 0 Å². The minimum atomic E-state index is -0.575. The Morgan fingerprint density at radius 2 is 2.11 bits per heavy atom. The van der Waals surface area contributed by atoms with Crippen LogP contribution in [-0.2, 0) is 16.1 Å². The maximum Gasteiger partial charge on any atom is 0.237 e.